The molecule has 2 nitrogen and oxygen atoms in total. The van der Waals surface area contributed by atoms with Crippen LogP contribution in [0.5, 0.6) is 0 Å². The minimum atomic E-state index is -0.414. The van der Waals surface area contributed by atoms with Gasteiger partial charge in [0.1, 0.15) is 0 Å². The lowest BCUT2D eigenvalue weighted by atomic mass is 9.95. The molecule has 0 radical (unpaired) electrons. The van der Waals surface area contributed by atoms with Crippen LogP contribution in [0.2, 0.25) is 0 Å². The summed E-state index contributed by atoms with van der Waals surface area (Å²) >= 11 is 0. The zero-order valence-corrected chi connectivity index (χ0v) is 17.8. The Labute approximate surface area is 159 Å². The minimum absolute atomic E-state index is 0.414. The number of unbranched alkanes of at least 4 members (excludes halogenated alkanes) is 16. The van der Waals surface area contributed by atoms with E-state index in [4.69, 9.17) is 11.5 Å². The first-order chi connectivity index (χ1) is 12.1. The van der Waals surface area contributed by atoms with Crippen LogP contribution in [0.3, 0.4) is 0 Å². The van der Waals surface area contributed by atoms with Gasteiger partial charge in [-0.3, -0.25) is 0 Å². The zero-order chi connectivity index (χ0) is 18.6. The van der Waals surface area contributed by atoms with Crippen molar-refractivity contribution in [3.05, 3.63) is 0 Å². The summed E-state index contributed by atoms with van der Waals surface area (Å²) in [5, 5.41) is 0. The Morgan fingerprint density at radius 2 is 0.640 bits per heavy atom. The first kappa shape index (κ1) is 24.9. The lowest BCUT2D eigenvalue weighted by Gasteiger charge is -2.24. The maximum Gasteiger partial charge on any atom is 0.0636 e. The van der Waals surface area contributed by atoms with Crippen LogP contribution in [0.15, 0.2) is 0 Å². The molecule has 0 atom stereocenters. The average molecular weight is 355 g/mol. The highest BCUT2D eigenvalue weighted by Gasteiger charge is 2.17. The van der Waals surface area contributed by atoms with Crippen LogP contribution in [0.1, 0.15) is 142 Å². The molecule has 0 aromatic rings. The van der Waals surface area contributed by atoms with Crippen LogP contribution in [0.25, 0.3) is 0 Å². The lowest BCUT2D eigenvalue weighted by Crippen LogP contribution is -2.49. The van der Waals surface area contributed by atoms with Gasteiger partial charge in [-0.1, -0.05) is 129 Å². The van der Waals surface area contributed by atoms with Crippen LogP contribution in [-0.2, 0) is 0 Å². The van der Waals surface area contributed by atoms with Gasteiger partial charge in [0.05, 0.1) is 5.66 Å². The third-order valence-corrected chi connectivity index (χ3v) is 5.49. The Balaban J connectivity index is 3.32. The minimum Gasteiger partial charge on any atom is -0.313 e. The Morgan fingerprint density at radius 3 is 0.920 bits per heavy atom. The molecule has 2 heteroatoms. The van der Waals surface area contributed by atoms with Gasteiger partial charge in [0, 0.05) is 0 Å². The fourth-order valence-electron chi connectivity index (χ4n) is 3.65. The van der Waals surface area contributed by atoms with E-state index >= 15 is 0 Å². The summed E-state index contributed by atoms with van der Waals surface area (Å²) in [7, 11) is 0. The smallest absolute Gasteiger partial charge is 0.0636 e. The van der Waals surface area contributed by atoms with Crippen molar-refractivity contribution in [1.82, 2.24) is 0 Å². The molecule has 0 fully saturated rings. The van der Waals surface area contributed by atoms with Crippen molar-refractivity contribution in [3.8, 4) is 0 Å². The topological polar surface area (TPSA) is 52.0 Å². The molecule has 0 saturated heterocycles. The van der Waals surface area contributed by atoms with E-state index in [1.54, 1.807) is 0 Å². The van der Waals surface area contributed by atoms with Crippen LogP contribution in [0.4, 0.5) is 0 Å². The van der Waals surface area contributed by atoms with Gasteiger partial charge in [0.25, 0.3) is 0 Å². The molecule has 0 spiro atoms. The number of hydrogen-bond acceptors (Lipinski definition) is 2. The van der Waals surface area contributed by atoms with Gasteiger partial charge in [0.2, 0.25) is 0 Å². The molecular weight excluding hydrogens is 304 g/mol. The Bertz CT molecular complexity index is 226. The highest BCUT2D eigenvalue weighted by molar-refractivity contribution is 4.76. The summed E-state index contributed by atoms with van der Waals surface area (Å²) in [6.45, 7) is 4.56. The first-order valence-corrected chi connectivity index (χ1v) is 11.7. The second kappa shape index (κ2) is 18.7. The highest BCUT2D eigenvalue weighted by Crippen LogP contribution is 2.18. The predicted molar refractivity (Wildman–Crippen MR) is 115 cm³/mol. The molecule has 152 valence electrons. The Hall–Kier alpha value is -0.0800. The summed E-state index contributed by atoms with van der Waals surface area (Å²) < 4.78 is 0. The second-order valence-electron chi connectivity index (χ2n) is 8.39. The highest BCUT2D eigenvalue weighted by atomic mass is 14.9. The fourth-order valence-corrected chi connectivity index (χ4v) is 3.65. The van der Waals surface area contributed by atoms with Crippen molar-refractivity contribution < 1.29 is 0 Å². The second-order valence-corrected chi connectivity index (χ2v) is 8.39. The van der Waals surface area contributed by atoms with E-state index in [0.717, 1.165) is 12.8 Å². The molecule has 0 aromatic carbocycles. The molecule has 0 unspecified atom stereocenters. The standard InChI is InChI=1S/C23H50N2/c1-3-5-7-9-11-13-15-17-19-21-23(24,25)22-20-18-16-14-12-10-8-6-4-2/h3-22,24-25H2,1-2H3. The van der Waals surface area contributed by atoms with Gasteiger partial charge in [-0.05, 0) is 12.8 Å². The van der Waals surface area contributed by atoms with Crippen LogP contribution >= 0.6 is 0 Å². The summed E-state index contributed by atoms with van der Waals surface area (Å²) in [6.07, 6.45) is 26.5. The van der Waals surface area contributed by atoms with Crippen molar-refractivity contribution in [2.24, 2.45) is 11.5 Å². The maximum atomic E-state index is 6.29. The van der Waals surface area contributed by atoms with E-state index in [1.807, 2.05) is 0 Å². The normalized spacial score (nSPS) is 12.0. The van der Waals surface area contributed by atoms with Crippen molar-refractivity contribution >= 4 is 0 Å². The van der Waals surface area contributed by atoms with Crippen molar-refractivity contribution in [1.29, 1.82) is 0 Å². The Morgan fingerprint density at radius 1 is 0.400 bits per heavy atom. The van der Waals surface area contributed by atoms with Crippen molar-refractivity contribution in [3.63, 3.8) is 0 Å². The monoisotopic (exact) mass is 354 g/mol. The SMILES string of the molecule is CCCCCCCCCCCC(N)(N)CCCCCCCCCCC. The fraction of sp³-hybridized carbons (Fsp3) is 1.00. The third kappa shape index (κ3) is 20.1. The van der Waals surface area contributed by atoms with E-state index in [9.17, 15) is 0 Å². The number of rotatable bonds is 20. The van der Waals surface area contributed by atoms with Gasteiger partial charge in [-0.25, -0.2) is 0 Å². The van der Waals surface area contributed by atoms with Crippen LogP contribution < -0.4 is 11.5 Å². The Kier molecular flexibility index (Phi) is 18.6. The van der Waals surface area contributed by atoms with E-state index in [1.165, 1.54) is 116 Å². The molecule has 0 aromatic heterocycles. The molecule has 25 heavy (non-hydrogen) atoms. The van der Waals surface area contributed by atoms with Crippen LogP contribution in [-0.4, -0.2) is 5.66 Å². The number of hydrogen-bond donors (Lipinski definition) is 2. The molecular formula is C23H50N2. The van der Waals surface area contributed by atoms with E-state index in [0.29, 0.717) is 0 Å². The lowest BCUT2D eigenvalue weighted by molar-refractivity contribution is 0.345. The largest absolute Gasteiger partial charge is 0.313 e. The summed E-state index contributed by atoms with van der Waals surface area (Å²) in [4.78, 5) is 0. The van der Waals surface area contributed by atoms with E-state index in [-0.39, 0.29) is 0 Å². The molecule has 0 bridgehead atoms. The molecule has 0 rings (SSSR count). The summed E-state index contributed by atoms with van der Waals surface area (Å²) in [5.74, 6) is 0. The molecule has 0 aliphatic rings. The summed E-state index contributed by atoms with van der Waals surface area (Å²) in [6, 6.07) is 0. The van der Waals surface area contributed by atoms with Gasteiger partial charge in [-0.15, -0.1) is 0 Å². The van der Waals surface area contributed by atoms with Gasteiger partial charge in [-0.2, -0.15) is 0 Å². The average Bonchev–Trinajstić information content (AvgIpc) is 2.59. The quantitative estimate of drug-likeness (QED) is 0.176. The maximum absolute atomic E-state index is 6.29. The molecule has 4 N–H and O–H groups in total. The number of nitrogens with two attached hydrogens (primary N) is 2. The zero-order valence-electron chi connectivity index (χ0n) is 17.8. The molecule has 0 aliphatic carbocycles. The molecule has 0 heterocycles. The molecule has 0 amide bonds. The third-order valence-electron chi connectivity index (χ3n) is 5.49. The van der Waals surface area contributed by atoms with Gasteiger partial charge < -0.3 is 11.5 Å². The first-order valence-electron chi connectivity index (χ1n) is 11.7. The van der Waals surface area contributed by atoms with Crippen molar-refractivity contribution in [2.45, 2.75) is 148 Å². The van der Waals surface area contributed by atoms with Crippen LogP contribution in [0, 0.1) is 0 Å². The predicted octanol–water partition coefficient (Wildman–Crippen LogP) is 7.44. The molecule has 0 aliphatic heterocycles. The molecule has 0 saturated carbocycles. The van der Waals surface area contributed by atoms with Gasteiger partial charge >= 0.3 is 0 Å². The van der Waals surface area contributed by atoms with E-state index < -0.39 is 5.66 Å². The van der Waals surface area contributed by atoms with Gasteiger partial charge in [0.15, 0.2) is 0 Å². The summed E-state index contributed by atoms with van der Waals surface area (Å²) in [5.41, 5.74) is 12.2. The van der Waals surface area contributed by atoms with Crippen molar-refractivity contribution in [2.75, 3.05) is 0 Å². The van der Waals surface area contributed by atoms with E-state index in [2.05, 4.69) is 13.8 Å².